The van der Waals surface area contributed by atoms with Crippen molar-refractivity contribution in [2.75, 3.05) is 16.8 Å². The van der Waals surface area contributed by atoms with Gasteiger partial charge in [0, 0.05) is 23.0 Å². The number of anilines is 2. The van der Waals surface area contributed by atoms with Crippen molar-refractivity contribution in [3.63, 3.8) is 0 Å². The molecule has 2 heterocycles. The molecule has 0 aliphatic carbocycles. The molecule has 2 aromatic carbocycles. The van der Waals surface area contributed by atoms with E-state index in [1.807, 2.05) is 0 Å². The average Bonchev–Trinajstić information content (AvgIpc) is 2.86. The maximum atomic E-state index is 14.5. The lowest BCUT2D eigenvalue weighted by Crippen LogP contribution is -2.40. The van der Waals surface area contributed by atoms with Gasteiger partial charge in [0.25, 0.3) is 0 Å². The van der Waals surface area contributed by atoms with Crippen LogP contribution in [0, 0.1) is 23.0 Å². The zero-order valence-corrected chi connectivity index (χ0v) is 17.5. The number of fused-ring (bicyclic) bond motifs is 3. The quantitative estimate of drug-likeness (QED) is 0.627. The summed E-state index contributed by atoms with van der Waals surface area (Å²) in [6.07, 6.45) is 1.53. The molecule has 1 N–H and O–H groups in total. The van der Waals surface area contributed by atoms with Crippen LogP contribution in [0.4, 0.5) is 20.2 Å². The van der Waals surface area contributed by atoms with E-state index in [2.05, 4.69) is 10.3 Å². The SMILES string of the molecule is CC1C(=O)N(CC(=O)Nc2ccc(Cl)c(F)c2)c2cc(C#N)c(F)cc2-c2cccnc21. The molecule has 0 bridgehead atoms. The third-order valence-electron chi connectivity index (χ3n) is 5.18. The summed E-state index contributed by atoms with van der Waals surface area (Å²) in [5.74, 6) is -3.24. The molecule has 0 spiro atoms. The first-order chi connectivity index (χ1) is 15.3. The fourth-order valence-electron chi connectivity index (χ4n) is 3.63. The smallest absolute Gasteiger partial charge is 0.244 e. The Bertz CT molecular complexity index is 1310. The minimum absolute atomic E-state index is 0.0928. The molecule has 32 heavy (non-hydrogen) atoms. The molecule has 6 nitrogen and oxygen atoms in total. The molecule has 4 rings (SSSR count). The summed E-state index contributed by atoms with van der Waals surface area (Å²) in [5.41, 5.74) is 1.42. The number of nitrogens with one attached hydrogen (secondary N) is 1. The van der Waals surface area contributed by atoms with E-state index in [9.17, 15) is 23.6 Å². The van der Waals surface area contributed by atoms with Crippen molar-refractivity contribution in [2.24, 2.45) is 0 Å². The molecule has 3 aromatic rings. The minimum Gasteiger partial charge on any atom is -0.324 e. The highest BCUT2D eigenvalue weighted by Gasteiger charge is 2.34. The van der Waals surface area contributed by atoms with Gasteiger partial charge in [-0.05, 0) is 43.3 Å². The van der Waals surface area contributed by atoms with Gasteiger partial charge in [0.15, 0.2) is 0 Å². The Hall–Kier alpha value is -3.83. The lowest BCUT2D eigenvalue weighted by Gasteiger charge is -2.24. The average molecular weight is 453 g/mol. The summed E-state index contributed by atoms with van der Waals surface area (Å²) >= 11 is 5.66. The Balaban J connectivity index is 1.77. The number of benzene rings is 2. The van der Waals surface area contributed by atoms with Crippen LogP contribution < -0.4 is 10.2 Å². The van der Waals surface area contributed by atoms with Gasteiger partial charge in [-0.25, -0.2) is 8.78 Å². The molecular weight excluding hydrogens is 438 g/mol. The van der Waals surface area contributed by atoms with Crippen LogP contribution in [0.1, 0.15) is 24.1 Å². The van der Waals surface area contributed by atoms with Crippen LogP contribution in [0.15, 0.2) is 48.7 Å². The molecular formula is C23H15ClF2N4O2. The molecule has 1 aliphatic heterocycles. The Kier molecular flexibility index (Phi) is 5.59. The second-order valence-electron chi connectivity index (χ2n) is 7.22. The molecule has 1 aliphatic rings. The number of halogens is 3. The normalized spacial score (nSPS) is 14.8. The van der Waals surface area contributed by atoms with E-state index >= 15 is 0 Å². The summed E-state index contributed by atoms with van der Waals surface area (Å²) in [6, 6.07) is 11.3. The van der Waals surface area contributed by atoms with Crippen molar-refractivity contribution < 1.29 is 18.4 Å². The number of carbonyl (C=O) groups excluding carboxylic acids is 2. The van der Waals surface area contributed by atoms with Gasteiger partial charge in [-0.3, -0.25) is 14.6 Å². The van der Waals surface area contributed by atoms with Crippen LogP contribution >= 0.6 is 11.6 Å². The second kappa shape index (κ2) is 8.36. The minimum atomic E-state index is -0.746. The number of aromatic nitrogens is 1. The van der Waals surface area contributed by atoms with Crippen LogP contribution in [-0.2, 0) is 9.59 Å². The zero-order chi connectivity index (χ0) is 23.0. The van der Waals surface area contributed by atoms with Gasteiger partial charge in [-0.15, -0.1) is 0 Å². The first kappa shape index (κ1) is 21.4. The van der Waals surface area contributed by atoms with Crippen molar-refractivity contribution in [1.29, 1.82) is 5.26 Å². The van der Waals surface area contributed by atoms with Gasteiger partial charge in [0.2, 0.25) is 11.8 Å². The number of carbonyl (C=O) groups is 2. The van der Waals surface area contributed by atoms with Crippen LogP contribution in [0.2, 0.25) is 5.02 Å². The Morgan fingerprint density at radius 2 is 2.00 bits per heavy atom. The largest absolute Gasteiger partial charge is 0.324 e. The van der Waals surface area contributed by atoms with Gasteiger partial charge in [-0.2, -0.15) is 5.26 Å². The first-order valence-corrected chi connectivity index (χ1v) is 9.93. The lowest BCUT2D eigenvalue weighted by atomic mass is 9.96. The van der Waals surface area contributed by atoms with Crippen molar-refractivity contribution in [3.05, 3.63) is 76.6 Å². The number of pyridine rings is 1. The topological polar surface area (TPSA) is 86.1 Å². The third-order valence-corrected chi connectivity index (χ3v) is 5.48. The molecule has 1 unspecified atom stereocenters. The monoisotopic (exact) mass is 452 g/mol. The number of nitrogens with zero attached hydrogens (tertiary/aromatic N) is 3. The van der Waals surface area contributed by atoms with Gasteiger partial charge in [0.1, 0.15) is 24.2 Å². The van der Waals surface area contributed by atoms with E-state index < -0.39 is 35.9 Å². The first-order valence-electron chi connectivity index (χ1n) is 9.55. The molecule has 9 heteroatoms. The summed E-state index contributed by atoms with van der Waals surface area (Å²) in [7, 11) is 0. The highest BCUT2D eigenvalue weighted by Crippen LogP contribution is 2.41. The van der Waals surface area contributed by atoms with E-state index in [0.29, 0.717) is 16.8 Å². The van der Waals surface area contributed by atoms with Gasteiger partial charge >= 0.3 is 0 Å². The molecule has 0 saturated heterocycles. The second-order valence-corrected chi connectivity index (χ2v) is 7.63. The van der Waals surface area contributed by atoms with E-state index in [4.69, 9.17) is 11.6 Å². The Morgan fingerprint density at radius 3 is 2.72 bits per heavy atom. The maximum absolute atomic E-state index is 14.5. The lowest BCUT2D eigenvalue weighted by molar-refractivity contribution is -0.122. The maximum Gasteiger partial charge on any atom is 0.244 e. The molecule has 1 atom stereocenters. The molecule has 0 radical (unpaired) electrons. The van der Waals surface area contributed by atoms with Crippen LogP contribution in [0.25, 0.3) is 11.1 Å². The number of nitriles is 1. The molecule has 160 valence electrons. The van der Waals surface area contributed by atoms with Gasteiger partial charge < -0.3 is 10.2 Å². The standard InChI is InChI=1S/C23H15ClF2N4O2/c1-12-22-15(3-2-6-28-22)16-9-18(25)13(10-27)7-20(16)30(23(12)32)11-21(31)29-14-4-5-17(24)19(26)8-14/h2-9,12H,11H2,1H3,(H,29,31). The van der Waals surface area contributed by atoms with Gasteiger partial charge in [-0.1, -0.05) is 17.7 Å². The molecule has 1 aromatic heterocycles. The predicted molar refractivity (Wildman–Crippen MR) is 115 cm³/mol. The zero-order valence-electron chi connectivity index (χ0n) is 16.7. The number of rotatable bonds is 3. The fraction of sp³-hybridized carbons (Fsp3) is 0.130. The molecule has 0 saturated carbocycles. The fourth-order valence-corrected chi connectivity index (χ4v) is 3.74. The highest BCUT2D eigenvalue weighted by molar-refractivity contribution is 6.30. The summed E-state index contributed by atoms with van der Waals surface area (Å²) in [5, 5.41) is 11.7. The summed E-state index contributed by atoms with van der Waals surface area (Å²) in [4.78, 5) is 31.5. The summed E-state index contributed by atoms with van der Waals surface area (Å²) in [6.45, 7) is 1.20. The number of hydrogen-bond acceptors (Lipinski definition) is 4. The van der Waals surface area contributed by atoms with E-state index in [-0.39, 0.29) is 22.0 Å². The van der Waals surface area contributed by atoms with Crippen molar-refractivity contribution in [2.45, 2.75) is 12.8 Å². The van der Waals surface area contributed by atoms with Crippen molar-refractivity contribution in [1.82, 2.24) is 4.98 Å². The van der Waals surface area contributed by atoms with Crippen molar-refractivity contribution >= 4 is 34.8 Å². The van der Waals surface area contributed by atoms with Crippen LogP contribution in [0.3, 0.4) is 0 Å². The van der Waals surface area contributed by atoms with Crippen LogP contribution in [0.5, 0.6) is 0 Å². The van der Waals surface area contributed by atoms with E-state index in [1.165, 1.54) is 35.4 Å². The highest BCUT2D eigenvalue weighted by atomic mass is 35.5. The number of amides is 2. The van der Waals surface area contributed by atoms with Crippen LogP contribution in [-0.4, -0.2) is 23.3 Å². The van der Waals surface area contributed by atoms with E-state index in [1.54, 1.807) is 25.1 Å². The van der Waals surface area contributed by atoms with Gasteiger partial charge in [0.05, 0.1) is 27.9 Å². The Labute approximate surface area is 187 Å². The Morgan fingerprint density at radius 1 is 1.22 bits per heavy atom. The number of hydrogen-bond donors (Lipinski definition) is 1. The third kappa shape index (κ3) is 3.79. The molecule has 2 amide bonds. The van der Waals surface area contributed by atoms with E-state index in [0.717, 1.165) is 6.07 Å². The predicted octanol–water partition coefficient (Wildman–Crippen LogP) is 4.64. The summed E-state index contributed by atoms with van der Waals surface area (Å²) < 4.78 is 28.2. The van der Waals surface area contributed by atoms with Crippen molar-refractivity contribution in [3.8, 4) is 17.2 Å². The molecule has 0 fully saturated rings.